The Hall–Kier alpha value is -1.40. The molecule has 0 aliphatic heterocycles. The van der Waals surface area contributed by atoms with Gasteiger partial charge in [-0.25, -0.2) is 4.79 Å². The number of carbonyl (C=O) groups excluding carboxylic acids is 1. The van der Waals surface area contributed by atoms with E-state index in [0.717, 1.165) is 0 Å². The van der Waals surface area contributed by atoms with E-state index >= 15 is 0 Å². The van der Waals surface area contributed by atoms with Gasteiger partial charge >= 0.3 is 16.3 Å². The summed E-state index contributed by atoms with van der Waals surface area (Å²) in [5.74, 6) is -0.892. The number of carbonyl (C=O) groups is 1. The SMILES string of the molecule is CCNS(=O)(=O)OC(=O)c1ccccc1. The minimum atomic E-state index is -3.98. The van der Waals surface area contributed by atoms with Crippen molar-refractivity contribution in [1.82, 2.24) is 4.72 Å². The molecule has 0 fully saturated rings. The van der Waals surface area contributed by atoms with Crippen LogP contribution >= 0.6 is 0 Å². The lowest BCUT2D eigenvalue weighted by Crippen LogP contribution is -2.27. The molecule has 0 atom stereocenters. The quantitative estimate of drug-likeness (QED) is 0.824. The zero-order valence-corrected chi connectivity index (χ0v) is 8.95. The first-order chi connectivity index (χ1) is 7.05. The Bertz CT molecular complexity index is 427. The smallest absolute Gasteiger partial charge is 0.329 e. The van der Waals surface area contributed by atoms with Crippen LogP contribution in [0, 0.1) is 0 Å². The Kier molecular flexibility index (Phi) is 3.81. The average molecular weight is 229 g/mol. The Morgan fingerprint density at radius 3 is 2.47 bits per heavy atom. The van der Waals surface area contributed by atoms with Gasteiger partial charge in [0.2, 0.25) is 0 Å². The Morgan fingerprint density at radius 1 is 1.33 bits per heavy atom. The summed E-state index contributed by atoms with van der Waals surface area (Å²) in [7, 11) is -3.98. The van der Waals surface area contributed by atoms with E-state index in [1.165, 1.54) is 12.1 Å². The highest BCUT2D eigenvalue weighted by Gasteiger charge is 2.16. The van der Waals surface area contributed by atoms with Gasteiger partial charge in [0.05, 0.1) is 5.56 Å². The molecular weight excluding hydrogens is 218 g/mol. The van der Waals surface area contributed by atoms with Crippen LogP contribution in [0.5, 0.6) is 0 Å². The normalized spacial score (nSPS) is 11.0. The molecule has 1 rings (SSSR count). The lowest BCUT2D eigenvalue weighted by molar-refractivity contribution is 0.0744. The average Bonchev–Trinajstić information content (AvgIpc) is 2.18. The van der Waals surface area contributed by atoms with E-state index < -0.39 is 16.3 Å². The van der Waals surface area contributed by atoms with E-state index in [2.05, 4.69) is 8.91 Å². The predicted molar refractivity (Wildman–Crippen MR) is 54.5 cm³/mol. The first kappa shape index (κ1) is 11.7. The zero-order valence-electron chi connectivity index (χ0n) is 8.14. The molecule has 5 nitrogen and oxygen atoms in total. The first-order valence-electron chi connectivity index (χ1n) is 4.33. The maximum absolute atomic E-state index is 11.3. The summed E-state index contributed by atoms with van der Waals surface area (Å²) >= 11 is 0. The van der Waals surface area contributed by atoms with Crippen molar-refractivity contribution in [2.75, 3.05) is 6.54 Å². The summed E-state index contributed by atoms with van der Waals surface area (Å²) in [4.78, 5) is 11.3. The third-order valence-electron chi connectivity index (χ3n) is 1.52. The van der Waals surface area contributed by atoms with Gasteiger partial charge in [-0.2, -0.15) is 13.1 Å². The zero-order chi connectivity index (χ0) is 11.3. The molecule has 0 unspecified atom stereocenters. The summed E-state index contributed by atoms with van der Waals surface area (Å²) in [6.45, 7) is 1.76. The minimum absolute atomic E-state index is 0.171. The molecule has 0 spiro atoms. The van der Waals surface area contributed by atoms with Crippen LogP contribution in [0.2, 0.25) is 0 Å². The standard InChI is InChI=1S/C9H11NO4S/c1-2-10-15(12,13)14-9(11)8-6-4-3-5-7-8/h3-7,10H,2H2,1H3. The number of rotatable bonds is 4. The lowest BCUT2D eigenvalue weighted by atomic mass is 10.2. The van der Waals surface area contributed by atoms with Gasteiger partial charge < -0.3 is 4.18 Å². The van der Waals surface area contributed by atoms with Gasteiger partial charge in [0.25, 0.3) is 0 Å². The summed E-state index contributed by atoms with van der Waals surface area (Å²) in [6.07, 6.45) is 0. The van der Waals surface area contributed by atoms with E-state index in [4.69, 9.17) is 0 Å². The highest BCUT2D eigenvalue weighted by Crippen LogP contribution is 2.03. The molecule has 0 saturated carbocycles. The molecule has 0 aliphatic carbocycles. The molecule has 6 heteroatoms. The second kappa shape index (κ2) is 4.90. The molecule has 82 valence electrons. The van der Waals surface area contributed by atoms with E-state index in [9.17, 15) is 13.2 Å². The summed E-state index contributed by atoms with van der Waals surface area (Å²) in [5.41, 5.74) is 0.193. The molecule has 1 aromatic rings. The number of hydrogen-bond donors (Lipinski definition) is 1. The summed E-state index contributed by atoms with van der Waals surface area (Å²) < 4.78 is 28.5. The lowest BCUT2D eigenvalue weighted by Gasteiger charge is -2.04. The fourth-order valence-electron chi connectivity index (χ4n) is 0.928. The number of hydrogen-bond acceptors (Lipinski definition) is 4. The van der Waals surface area contributed by atoms with Crippen LogP contribution in [-0.2, 0) is 14.5 Å². The fourth-order valence-corrected chi connectivity index (χ4v) is 1.64. The highest BCUT2D eigenvalue weighted by molar-refractivity contribution is 7.85. The van der Waals surface area contributed by atoms with Crippen molar-refractivity contribution in [1.29, 1.82) is 0 Å². The largest absolute Gasteiger partial charge is 0.385 e. The molecule has 0 amide bonds. The van der Waals surface area contributed by atoms with E-state index in [1.54, 1.807) is 25.1 Å². The monoisotopic (exact) mass is 229 g/mol. The van der Waals surface area contributed by atoms with Crippen molar-refractivity contribution in [3.05, 3.63) is 35.9 Å². The predicted octanol–water partition coefficient (Wildman–Crippen LogP) is 0.698. The van der Waals surface area contributed by atoms with Gasteiger partial charge in [-0.1, -0.05) is 25.1 Å². The van der Waals surface area contributed by atoms with E-state index in [0.29, 0.717) is 0 Å². The van der Waals surface area contributed by atoms with Crippen molar-refractivity contribution in [3.63, 3.8) is 0 Å². The van der Waals surface area contributed by atoms with Crippen molar-refractivity contribution in [2.24, 2.45) is 0 Å². The van der Waals surface area contributed by atoms with Crippen molar-refractivity contribution in [3.8, 4) is 0 Å². The Labute approximate surface area is 88.3 Å². The van der Waals surface area contributed by atoms with Crippen LogP contribution in [0.3, 0.4) is 0 Å². The van der Waals surface area contributed by atoms with Crippen molar-refractivity contribution >= 4 is 16.3 Å². The molecule has 0 aliphatic rings. The highest BCUT2D eigenvalue weighted by atomic mass is 32.2. The van der Waals surface area contributed by atoms with Gasteiger partial charge in [-0.3, -0.25) is 0 Å². The molecular formula is C9H11NO4S. The van der Waals surface area contributed by atoms with Gasteiger partial charge in [0, 0.05) is 6.54 Å². The maximum Gasteiger partial charge on any atom is 0.385 e. The van der Waals surface area contributed by atoms with E-state index in [1.807, 2.05) is 0 Å². The Morgan fingerprint density at radius 2 is 1.93 bits per heavy atom. The van der Waals surface area contributed by atoms with E-state index in [-0.39, 0.29) is 12.1 Å². The maximum atomic E-state index is 11.3. The molecule has 0 aromatic heterocycles. The summed E-state index contributed by atoms with van der Waals surface area (Å²) in [5, 5.41) is 0. The molecule has 0 heterocycles. The van der Waals surface area contributed by atoms with Crippen LogP contribution in [-0.4, -0.2) is 20.9 Å². The van der Waals surface area contributed by atoms with Crippen molar-refractivity contribution < 1.29 is 17.4 Å². The number of benzene rings is 1. The molecule has 15 heavy (non-hydrogen) atoms. The molecule has 0 saturated heterocycles. The van der Waals surface area contributed by atoms with Crippen LogP contribution < -0.4 is 4.72 Å². The summed E-state index contributed by atoms with van der Waals surface area (Å²) in [6, 6.07) is 7.91. The second-order valence-electron chi connectivity index (χ2n) is 2.69. The topological polar surface area (TPSA) is 72.5 Å². The van der Waals surface area contributed by atoms with Crippen LogP contribution in [0.1, 0.15) is 17.3 Å². The number of nitrogens with one attached hydrogen (secondary N) is 1. The minimum Gasteiger partial charge on any atom is -0.329 e. The van der Waals surface area contributed by atoms with Gasteiger partial charge in [0.15, 0.2) is 0 Å². The van der Waals surface area contributed by atoms with Gasteiger partial charge in [-0.05, 0) is 12.1 Å². The van der Waals surface area contributed by atoms with Crippen molar-refractivity contribution in [2.45, 2.75) is 6.92 Å². The fraction of sp³-hybridized carbons (Fsp3) is 0.222. The molecule has 0 bridgehead atoms. The third-order valence-corrected chi connectivity index (χ3v) is 2.53. The molecule has 0 radical (unpaired) electrons. The second-order valence-corrected chi connectivity index (χ2v) is 4.05. The molecule has 1 aromatic carbocycles. The molecule has 1 N–H and O–H groups in total. The van der Waals surface area contributed by atoms with Gasteiger partial charge in [0.1, 0.15) is 0 Å². The van der Waals surface area contributed by atoms with Crippen LogP contribution in [0.15, 0.2) is 30.3 Å². The van der Waals surface area contributed by atoms with Gasteiger partial charge in [-0.15, -0.1) is 0 Å². The van der Waals surface area contributed by atoms with Crippen LogP contribution in [0.4, 0.5) is 0 Å². The Balaban J connectivity index is 2.73. The van der Waals surface area contributed by atoms with Crippen LogP contribution in [0.25, 0.3) is 0 Å². The first-order valence-corrected chi connectivity index (χ1v) is 5.74. The third kappa shape index (κ3) is 3.69.